The van der Waals surface area contributed by atoms with Gasteiger partial charge in [-0.1, -0.05) is 43.5 Å². The minimum atomic E-state index is -0.704. The number of amides is 1. The minimum Gasteiger partial charge on any atom is -0.467 e. The number of ether oxygens (including phenoxy) is 1. The minimum absolute atomic E-state index is 0.0440. The number of hydrogen-bond donors (Lipinski definition) is 1. The van der Waals surface area contributed by atoms with Gasteiger partial charge in [-0.25, -0.2) is 4.79 Å². The SMILES string of the molecule is CC[C@H](C)[C@@H](NC(=O)c1ccc(Cl)cc1Cl)C(=O)OC. The number of benzene rings is 1. The van der Waals surface area contributed by atoms with Crippen molar-refractivity contribution in [1.29, 1.82) is 0 Å². The molecule has 4 nitrogen and oxygen atoms in total. The van der Waals surface area contributed by atoms with Crippen molar-refractivity contribution in [3.8, 4) is 0 Å². The van der Waals surface area contributed by atoms with Gasteiger partial charge in [0.2, 0.25) is 0 Å². The molecule has 0 aliphatic rings. The summed E-state index contributed by atoms with van der Waals surface area (Å²) >= 11 is 11.8. The Labute approximate surface area is 128 Å². The number of esters is 1. The average Bonchev–Trinajstić information content (AvgIpc) is 2.42. The van der Waals surface area contributed by atoms with Gasteiger partial charge in [-0.15, -0.1) is 0 Å². The molecule has 0 heterocycles. The molecule has 0 unspecified atom stereocenters. The first kappa shape index (κ1) is 16.8. The largest absolute Gasteiger partial charge is 0.467 e. The molecule has 0 spiro atoms. The zero-order chi connectivity index (χ0) is 15.3. The highest BCUT2D eigenvalue weighted by Gasteiger charge is 2.27. The third-order valence-corrected chi connectivity index (χ3v) is 3.68. The molecule has 1 N–H and O–H groups in total. The Hall–Kier alpha value is -1.26. The number of methoxy groups -OCH3 is 1. The van der Waals surface area contributed by atoms with Gasteiger partial charge >= 0.3 is 5.97 Å². The molecule has 1 rings (SSSR count). The van der Waals surface area contributed by atoms with Crippen LogP contribution >= 0.6 is 23.2 Å². The summed E-state index contributed by atoms with van der Waals surface area (Å²) in [7, 11) is 1.29. The Morgan fingerprint density at radius 3 is 2.50 bits per heavy atom. The highest BCUT2D eigenvalue weighted by Crippen LogP contribution is 2.21. The van der Waals surface area contributed by atoms with Crippen molar-refractivity contribution in [2.75, 3.05) is 7.11 Å². The normalized spacial score (nSPS) is 13.4. The van der Waals surface area contributed by atoms with Crippen LogP contribution in [-0.4, -0.2) is 25.0 Å². The maximum Gasteiger partial charge on any atom is 0.328 e. The summed E-state index contributed by atoms with van der Waals surface area (Å²) in [4.78, 5) is 23.9. The van der Waals surface area contributed by atoms with E-state index in [4.69, 9.17) is 27.9 Å². The number of carbonyl (C=O) groups excluding carboxylic acids is 2. The van der Waals surface area contributed by atoms with Gasteiger partial charge in [0.05, 0.1) is 17.7 Å². The molecule has 0 aliphatic heterocycles. The number of rotatable bonds is 5. The van der Waals surface area contributed by atoms with E-state index in [0.717, 1.165) is 6.42 Å². The lowest BCUT2D eigenvalue weighted by molar-refractivity contribution is -0.144. The highest BCUT2D eigenvalue weighted by molar-refractivity contribution is 6.36. The summed E-state index contributed by atoms with van der Waals surface area (Å²) in [5.74, 6) is -0.947. The van der Waals surface area contributed by atoms with Crippen molar-refractivity contribution < 1.29 is 14.3 Å². The van der Waals surface area contributed by atoms with Crippen LogP contribution in [0.1, 0.15) is 30.6 Å². The van der Waals surface area contributed by atoms with E-state index in [1.54, 1.807) is 6.07 Å². The molecule has 1 aromatic rings. The summed E-state index contributed by atoms with van der Waals surface area (Å²) in [5.41, 5.74) is 0.272. The van der Waals surface area contributed by atoms with Crippen LogP contribution in [0.15, 0.2) is 18.2 Å². The van der Waals surface area contributed by atoms with Gasteiger partial charge in [-0.05, 0) is 24.1 Å². The Balaban J connectivity index is 2.93. The first-order valence-electron chi connectivity index (χ1n) is 6.24. The Bertz CT molecular complexity index is 505. The van der Waals surface area contributed by atoms with E-state index in [9.17, 15) is 9.59 Å². The van der Waals surface area contributed by atoms with Crippen LogP contribution in [0.2, 0.25) is 10.0 Å². The van der Waals surface area contributed by atoms with E-state index in [1.807, 2.05) is 13.8 Å². The smallest absolute Gasteiger partial charge is 0.328 e. The second-order valence-corrected chi connectivity index (χ2v) is 5.33. The lowest BCUT2D eigenvalue weighted by Crippen LogP contribution is -2.45. The molecule has 1 amide bonds. The number of hydrogen-bond acceptors (Lipinski definition) is 3. The molecule has 1 aromatic carbocycles. The fourth-order valence-corrected chi connectivity index (χ4v) is 2.18. The molecule has 0 saturated carbocycles. The fraction of sp³-hybridized carbons (Fsp3) is 0.429. The summed E-state index contributed by atoms with van der Waals surface area (Å²) in [6.07, 6.45) is 0.731. The zero-order valence-electron chi connectivity index (χ0n) is 11.6. The van der Waals surface area contributed by atoms with Gasteiger partial charge in [-0.2, -0.15) is 0 Å². The van der Waals surface area contributed by atoms with Crippen molar-refractivity contribution in [1.82, 2.24) is 5.32 Å². The Morgan fingerprint density at radius 1 is 1.35 bits per heavy atom. The van der Waals surface area contributed by atoms with Crippen molar-refractivity contribution in [3.63, 3.8) is 0 Å². The third-order valence-electron chi connectivity index (χ3n) is 3.13. The van der Waals surface area contributed by atoms with Crippen LogP contribution in [0, 0.1) is 5.92 Å². The number of nitrogens with one attached hydrogen (secondary N) is 1. The van der Waals surface area contributed by atoms with Crippen LogP contribution in [0.4, 0.5) is 0 Å². The lowest BCUT2D eigenvalue weighted by Gasteiger charge is -2.22. The number of carbonyl (C=O) groups is 2. The summed E-state index contributed by atoms with van der Waals surface area (Å²) < 4.78 is 4.71. The van der Waals surface area contributed by atoms with Crippen LogP contribution in [0.3, 0.4) is 0 Å². The molecule has 0 radical (unpaired) electrons. The van der Waals surface area contributed by atoms with Crippen LogP contribution in [0.25, 0.3) is 0 Å². The molecule has 0 fully saturated rings. The molecule has 6 heteroatoms. The second-order valence-electron chi connectivity index (χ2n) is 4.48. The van der Waals surface area contributed by atoms with Gasteiger partial charge < -0.3 is 10.1 Å². The van der Waals surface area contributed by atoms with Crippen LogP contribution < -0.4 is 5.32 Å². The Kier molecular flexibility index (Phi) is 6.30. The Morgan fingerprint density at radius 2 is 2.00 bits per heavy atom. The third kappa shape index (κ3) is 4.12. The molecule has 2 atom stereocenters. The molecule has 0 saturated heterocycles. The van der Waals surface area contributed by atoms with E-state index in [0.29, 0.717) is 5.02 Å². The monoisotopic (exact) mass is 317 g/mol. The van der Waals surface area contributed by atoms with Gasteiger partial charge in [0.15, 0.2) is 0 Å². The summed E-state index contributed by atoms with van der Waals surface area (Å²) in [5, 5.41) is 3.34. The summed E-state index contributed by atoms with van der Waals surface area (Å²) in [6, 6.07) is 3.86. The van der Waals surface area contributed by atoms with Gasteiger partial charge in [-0.3, -0.25) is 4.79 Å². The maximum atomic E-state index is 12.2. The van der Waals surface area contributed by atoms with Gasteiger partial charge in [0.25, 0.3) is 5.91 Å². The first-order chi connectivity index (χ1) is 9.40. The topological polar surface area (TPSA) is 55.4 Å². The molecular weight excluding hydrogens is 301 g/mol. The molecule has 0 aromatic heterocycles. The maximum absolute atomic E-state index is 12.2. The van der Waals surface area contributed by atoms with E-state index in [1.165, 1.54) is 19.2 Å². The first-order valence-corrected chi connectivity index (χ1v) is 7.00. The quantitative estimate of drug-likeness (QED) is 0.848. The van der Waals surface area contributed by atoms with Gasteiger partial charge in [0, 0.05) is 5.02 Å². The standard InChI is InChI=1S/C14H17Cl2NO3/c1-4-8(2)12(14(19)20-3)17-13(18)10-6-5-9(15)7-11(10)16/h5-8,12H,4H2,1-3H3,(H,17,18)/t8-,12+/m0/s1. The lowest BCUT2D eigenvalue weighted by atomic mass is 9.99. The average molecular weight is 318 g/mol. The van der Waals surface area contributed by atoms with Crippen molar-refractivity contribution in [3.05, 3.63) is 33.8 Å². The van der Waals surface area contributed by atoms with Gasteiger partial charge in [0.1, 0.15) is 6.04 Å². The van der Waals surface area contributed by atoms with Crippen LogP contribution in [0.5, 0.6) is 0 Å². The van der Waals surface area contributed by atoms with E-state index in [-0.39, 0.29) is 16.5 Å². The molecular formula is C14H17Cl2NO3. The molecule has 20 heavy (non-hydrogen) atoms. The fourth-order valence-electron chi connectivity index (χ4n) is 1.69. The second kappa shape index (κ2) is 7.50. The van der Waals surface area contributed by atoms with Crippen LogP contribution in [-0.2, 0) is 9.53 Å². The molecule has 0 aliphatic carbocycles. The van der Waals surface area contributed by atoms with Crippen molar-refractivity contribution in [2.45, 2.75) is 26.3 Å². The van der Waals surface area contributed by atoms with E-state index >= 15 is 0 Å². The zero-order valence-corrected chi connectivity index (χ0v) is 13.1. The molecule has 110 valence electrons. The molecule has 0 bridgehead atoms. The van der Waals surface area contributed by atoms with E-state index in [2.05, 4.69) is 5.32 Å². The predicted octanol–water partition coefficient (Wildman–Crippen LogP) is 3.31. The van der Waals surface area contributed by atoms with E-state index < -0.39 is 17.9 Å². The predicted molar refractivity (Wildman–Crippen MR) is 79.2 cm³/mol. The highest BCUT2D eigenvalue weighted by atomic mass is 35.5. The summed E-state index contributed by atoms with van der Waals surface area (Å²) in [6.45, 7) is 3.80. The number of halogens is 2. The van der Waals surface area contributed by atoms with Crippen molar-refractivity contribution in [2.24, 2.45) is 5.92 Å². The van der Waals surface area contributed by atoms with Crippen molar-refractivity contribution >= 4 is 35.1 Å².